The van der Waals surface area contributed by atoms with Crippen LogP contribution in [0.3, 0.4) is 0 Å². The van der Waals surface area contributed by atoms with Gasteiger partial charge < -0.3 is 19.9 Å². The lowest BCUT2D eigenvalue weighted by molar-refractivity contribution is -0.141. The number of ether oxygens (including phenoxy) is 2. The third-order valence-electron chi connectivity index (χ3n) is 4.46. The second-order valence-corrected chi connectivity index (χ2v) is 7.36. The molecule has 0 saturated heterocycles. The van der Waals surface area contributed by atoms with E-state index in [2.05, 4.69) is 19.2 Å². The monoisotopic (exact) mass is 411 g/mol. The van der Waals surface area contributed by atoms with Crippen LogP contribution in [0.1, 0.15) is 31.4 Å². The number of carbonyl (C=O) groups is 2. The Hall–Kier alpha value is -3.28. The van der Waals surface area contributed by atoms with Crippen molar-refractivity contribution in [1.82, 2.24) is 5.32 Å². The fraction of sp³-hybridized carbons (Fsp3) is 0.333. The maximum Gasteiger partial charge on any atom is 0.326 e. The summed E-state index contributed by atoms with van der Waals surface area (Å²) in [5, 5.41) is 11.9. The van der Waals surface area contributed by atoms with Gasteiger partial charge in [0, 0.05) is 12.5 Å². The second kappa shape index (κ2) is 11.7. The minimum Gasteiger partial charge on any atom is -0.493 e. The average Bonchev–Trinajstić information content (AvgIpc) is 2.72. The second-order valence-electron chi connectivity index (χ2n) is 7.36. The van der Waals surface area contributed by atoms with Gasteiger partial charge in [-0.2, -0.15) is 0 Å². The van der Waals surface area contributed by atoms with Crippen molar-refractivity contribution >= 4 is 18.0 Å². The molecule has 1 atom stereocenters. The van der Waals surface area contributed by atoms with Gasteiger partial charge in [0.2, 0.25) is 5.91 Å². The molecule has 0 heterocycles. The van der Waals surface area contributed by atoms with Crippen molar-refractivity contribution in [2.75, 3.05) is 13.7 Å². The number of carbonyl (C=O) groups excluding carboxylic acids is 1. The molecule has 2 N–H and O–H groups in total. The molecule has 0 bridgehead atoms. The molecule has 1 amide bonds. The van der Waals surface area contributed by atoms with Gasteiger partial charge in [0.05, 0.1) is 13.7 Å². The molecule has 0 radical (unpaired) electrons. The van der Waals surface area contributed by atoms with E-state index in [1.54, 1.807) is 25.3 Å². The van der Waals surface area contributed by atoms with Crippen LogP contribution in [0.5, 0.6) is 11.5 Å². The van der Waals surface area contributed by atoms with Crippen LogP contribution in [0.4, 0.5) is 0 Å². The first kappa shape index (κ1) is 23.0. The first-order chi connectivity index (χ1) is 14.4. The fourth-order valence-corrected chi connectivity index (χ4v) is 2.75. The maximum atomic E-state index is 12.2. The number of aliphatic carboxylic acids is 1. The molecule has 0 aromatic heterocycles. The van der Waals surface area contributed by atoms with Crippen molar-refractivity contribution in [2.45, 2.75) is 32.7 Å². The van der Waals surface area contributed by atoms with E-state index in [0.29, 0.717) is 24.0 Å². The van der Waals surface area contributed by atoms with Gasteiger partial charge in [-0.3, -0.25) is 4.79 Å². The van der Waals surface area contributed by atoms with Gasteiger partial charge in [-0.15, -0.1) is 0 Å². The van der Waals surface area contributed by atoms with Gasteiger partial charge in [0.15, 0.2) is 11.5 Å². The van der Waals surface area contributed by atoms with Crippen molar-refractivity contribution in [2.24, 2.45) is 5.92 Å². The summed E-state index contributed by atoms with van der Waals surface area (Å²) >= 11 is 0. The molecule has 0 saturated carbocycles. The summed E-state index contributed by atoms with van der Waals surface area (Å²) < 4.78 is 11.1. The molecule has 2 aromatic rings. The first-order valence-electron chi connectivity index (χ1n) is 9.95. The smallest absolute Gasteiger partial charge is 0.326 e. The number of nitrogens with one attached hydrogen (secondary N) is 1. The lowest BCUT2D eigenvalue weighted by atomic mass is 10.1. The molecular weight excluding hydrogens is 382 g/mol. The lowest BCUT2D eigenvalue weighted by Crippen LogP contribution is -2.41. The van der Waals surface area contributed by atoms with Crippen LogP contribution < -0.4 is 14.8 Å². The molecule has 0 aliphatic carbocycles. The Balaban J connectivity index is 1.99. The molecule has 0 aliphatic heterocycles. The summed E-state index contributed by atoms with van der Waals surface area (Å²) in [5.74, 6) is 0.218. The van der Waals surface area contributed by atoms with Crippen LogP contribution in [0, 0.1) is 5.92 Å². The molecule has 6 heteroatoms. The number of hydrogen-bond acceptors (Lipinski definition) is 4. The zero-order valence-corrected chi connectivity index (χ0v) is 17.6. The normalized spacial score (nSPS) is 12.0. The number of carboxylic acid groups (broad SMARTS) is 1. The summed E-state index contributed by atoms with van der Waals surface area (Å²) in [6.07, 6.45) is 4.08. The highest BCUT2D eigenvalue weighted by Crippen LogP contribution is 2.28. The molecule has 0 fully saturated rings. The average molecular weight is 411 g/mol. The molecule has 30 heavy (non-hydrogen) atoms. The van der Waals surface area contributed by atoms with Crippen LogP contribution in [0.25, 0.3) is 6.08 Å². The number of methoxy groups -OCH3 is 1. The van der Waals surface area contributed by atoms with E-state index in [0.717, 1.165) is 17.5 Å². The van der Waals surface area contributed by atoms with Gasteiger partial charge in [-0.05, 0) is 41.7 Å². The third kappa shape index (κ3) is 7.62. The van der Waals surface area contributed by atoms with Crippen molar-refractivity contribution in [3.8, 4) is 11.5 Å². The number of rotatable bonds is 11. The van der Waals surface area contributed by atoms with E-state index in [4.69, 9.17) is 9.47 Å². The minimum atomic E-state index is -1.08. The largest absolute Gasteiger partial charge is 0.493 e. The van der Waals surface area contributed by atoms with Crippen molar-refractivity contribution in [3.63, 3.8) is 0 Å². The molecule has 0 spiro atoms. The predicted octanol–water partition coefficient (Wildman–Crippen LogP) is 3.95. The Labute approximate surface area is 177 Å². The van der Waals surface area contributed by atoms with Crippen LogP contribution >= 0.6 is 0 Å². The number of hydrogen-bond donors (Lipinski definition) is 2. The van der Waals surface area contributed by atoms with Crippen molar-refractivity contribution < 1.29 is 24.2 Å². The Morgan fingerprint density at radius 3 is 2.47 bits per heavy atom. The van der Waals surface area contributed by atoms with Gasteiger partial charge in [0.1, 0.15) is 6.04 Å². The van der Waals surface area contributed by atoms with Crippen LogP contribution in [0.2, 0.25) is 0 Å². The first-order valence-corrected chi connectivity index (χ1v) is 9.95. The zero-order chi connectivity index (χ0) is 21.9. The highest BCUT2D eigenvalue weighted by Gasteiger charge is 2.19. The highest BCUT2D eigenvalue weighted by atomic mass is 16.5. The molecule has 2 aromatic carbocycles. The van der Waals surface area contributed by atoms with E-state index in [1.807, 2.05) is 36.4 Å². The molecule has 0 aliphatic rings. The standard InChI is InChI=1S/C24H29NO5/c1-17(2)13-14-30-21-11-9-19(16-22(21)29-3)10-12-23(26)25-20(24(27)28)15-18-7-5-4-6-8-18/h4-12,16-17,20H,13-15H2,1-3H3,(H,25,26)(H,27,28)/b12-10+/t20-/m1/s1. The Morgan fingerprint density at radius 1 is 1.10 bits per heavy atom. The highest BCUT2D eigenvalue weighted by molar-refractivity contribution is 5.94. The Kier molecular flexibility index (Phi) is 8.94. The van der Waals surface area contributed by atoms with E-state index in [-0.39, 0.29) is 6.42 Å². The van der Waals surface area contributed by atoms with Crippen molar-refractivity contribution in [3.05, 3.63) is 65.7 Å². The Morgan fingerprint density at radius 2 is 1.83 bits per heavy atom. The number of amides is 1. The SMILES string of the molecule is COc1cc(/C=C/C(=O)N[C@H](Cc2ccccc2)C(=O)O)ccc1OCCC(C)C. The quantitative estimate of drug-likeness (QED) is 0.547. The van der Waals surface area contributed by atoms with E-state index < -0.39 is 17.9 Å². The van der Waals surface area contributed by atoms with Crippen LogP contribution in [-0.2, 0) is 16.0 Å². The van der Waals surface area contributed by atoms with Gasteiger partial charge in [0.25, 0.3) is 0 Å². The van der Waals surface area contributed by atoms with E-state index in [1.165, 1.54) is 6.08 Å². The number of benzene rings is 2. The zero-order valence-electron chi connectivity index (χ0n) is 17.6. The van der Waals surface area contributed by atoms with E-state index in [9.17, 15) is 14.7 Å². The molecule has 160 valence electrons. The number of carboxylic acids is 1. The predicted molar refractivity (Wildman–Crippen MR) is 117 cm³/mol. The maximum absolute atomic E-state index is 12.2. The summed E-state index contributed by atoms with van der Waals surface area (Å²) in [7, 11) is 1.56. The van der Waals surface area contributed by atoms with E-state index >= 15 is 0 Å². The minimum absolute atomic E-state index is 0.214. The summed E-state index contributed by atoms with van der Waals surface area (Å²) in [4.78, 5) is 23.7. The fourth-order valence-electron chi connectivity index (χ4n) is 2.75. The summed E-state index contributed by atoms with van der Waals surface area (Å²) in [6, 6.07) is 13.6. The molecule has 2 rings (SSSR count). The van der Waals surface area contributed by atoms with Gasteiger partial charge in [-0.1, -0.05) is 50.2 Å². The van der Waals surface area contributed by atoms with Crippen LogP contribution in [0.15, 0.2) is 54.6 Å². The van der Waals surface area contributed by atoms with Gasteiger partial charge >= 0.3 is 5.97 Å². The summed E-state index contributed by atoms with van der Waals surface area (Å²) in [6.45, 7) is 4.87. The topological polar surface area (TPSA) is 84.9 Å². The van der Waals surface area contributed by atoms with Gasteiger partial charge in [-0.25, -0.2) is 4.79 Å². The third-order valence-corrected chi connectivity index (χ3v) is 4.46. The summed E-state index contributed by atoms with van der Waals surface area (Å²) in [5.41, 5.74) is 1.58. The van der Waals surface area contributed by atoms with Crippen molar-refractivity contribution in [1.29, 1.82) is 0 Å². The lowest BCUT2D eigenvalue weighted by Gasteiger charge is -2.13. The molecular formula is C24H29NO5. The van der Waals surface area contributed by atoms with Crippen LogP contribution in [-0.4, -0.2) is 36.7 Å². The molecule has 0 unspecified atom stereocenters. The molecule has 6 nitrogen and oxygen atoms in total. The Bertz CT molecular complexity index is 861.